The van der Waals surface area contributed by atoms with Crippen molar-refractivity contribution in [2.24, 2.45) is 0 Å². The van der Waals surface area contributed by atoms with Gasteiger partial charge in [0.1, 0.15) is 5.82 Å². The second-order valence-electron chi connectivity index (χ2n) is 7.67. The molecule has 5 rings (SSSR count). The van der Waals surface area contributed by atoms with Crippen LogP contribution >= 0.6 is 23.1 Å². The van der Waals surface area contributed by atoms with Crippen LogP contribution in [0.2, 0.25) is 0 Å². The van der Waals surface area contributed by atoms with Gasteiger partial charge >= 0.3 is 0 Å². The van der Waals surface area contributed by atoms with E-state index in [9.17, 15) is 19.3 Å². The van der Waals surface area contributed by atoms with Crippen molar-refractivity contribution in [1.29, 1.82) is 0 Å². The number of non-ortho nitro benzene ring substituents is 1. The number of thiazole rings is 1. The van der Waals surface area contributed by atoms with E-state index in [4.69, 9.17) is 4.42 Å². The van der Waals surface area contributed by atoms with Crippen molar-refractivity contribution in [3.63, 3.8) is 0 Å². The smallest absolute Gasteiger partial charge is 0.269 e. The SMILES string of the molecule is O=C(CSc1nnc(-c2ccco2)n1-c1ccc(F)cc1)Nc1ncc(Cc2cccc([N+](=O)[O-])c2)s1. The summed E-state index contributed by atoms with van der Waals surface area (Å²) < 4.78 is 20.6. The molecule has 0 aliphatic rings. The monoisotopic (exact) mass is 536 g/mol. The van der Waals surface area contributed by atoms with Gasteiger partial charge in [-0.05, 0) is 42.0 Å². The average molecular weight is 537 g/mol. The lowest BCUT2D eigenvalue weighted by atomic mass is 10.1. The average Bonchev–Trinajstić information content (AvgIpc) is 3.65. The van der Waals surface area contributed by atoms with Gasteiger partial charge in [-0.1, -0.05) is 23.9 Å². The molecule has 2 aromatic carbocycles. The summed E-state index contributed by atoms with van der Waals surface area (Å²) in [7, 11) is 0. The third-order valence-electron chi connectivity index (χ3n) is 5.09. The Labute approximate surface area is 217 Å². The first-order valence-electron chi connectivity index (χ1n) is 10.8. The Morgan fingerprint density at radius 2 is 2.00 bits per heavy atom. The highest BCUT2D eigenvalue weighted by atomic mass is 32.2. The zero-order valence-electron chi connectivity index (χ0n) is 18.9. The van der Waals surface area contributed by atoms with Crippen molar-refractivity contribution in [2.75, 3.05) is 11.1 Å². The largest absolute Gasteiger partial charge is 0.461 e. The van der Waals surface area contributed by atoms with Crippen LogP contribution in [0.15, 0.2) is 82.7 Å². The first-order chi connectivity index (χ1) is 18.0. The lowest BCUT2D eigenvalue weighted by Gasteiger charge is -2.09. The Morgan fingerprint density at radius 3 is 2.76 bits per heavy atom. The van der Waals surface area contributed by atoms with E-state index in [-0.39, 0.29) is 23.2 Å². The Balaban J connectivity index is 1.26. The fourth-order valence-corrected chi connectivity index (χ4v) is 5.08. The van der Waals surface area contributed by atoms with Crippen LogP contribution in [0.1, 0.15) is 10.4 Å². The summed E-state index contributed by atoms with van der Waals surface area (Å²) in [4.78, 5) is 28.3. The van der Waals surface area contributed by atoms with Crippen LogP contribution in [0, 0.1) is 15.9 Å². The summed E-state index contributed by atoms with van der Waals surface area (Å²) in [5, 5.41) is 23.0. The highest BCUT2D eigenvalue weighted by Gasteiger charge is 2.19. The fraction of sp³-hybridized carbons (Fsp3) is 0.0833. The molecule has 0 fully saturated rings. The summed E-state index contributed by atoms with van der Waals surface area (Å²) in [6, 6.07) is 15.7. The molecule has 0 saturated heterocycles. The Bertz CT molecular complexity index is 1550. The Kier molecular flexibility index (Phi) is 7.05. The lowest BCUT2D eigenvalue weighted by molar-refractivity contribution is -0.384. The number of hydrogen-bond donors (Lipinski definition) is 1. The number of hydrogen-bond acceptors (Lipinski definition) is 9. The zero-order chi connectivity index (χ0) is 25.8. The maximum atomic E-state index is 13.5. The summed E-state index contributed by atoms with van der Waals surface area (Å²) in [5.41, 5.74) is 1.42. The number of amides is 1. The van der Waals surface area contributed by atoms with Crippen LogP contribution in [0.4, 0.5) is 15.2 Å². The summed E-state index contributed by atoms with van der Waals surface area (Å²) >= 11 is 2.45. The van der Waals surface area contributed by atoms with Gasteiger partial charge in [-0.3, -0.25) is 19.5 Å². The molecule has 10 nitrogen and oxygen atoms in total. The summed E-state index contributed by atoms with van der Waals surface area (Å²) in [5.74, 6) is 0.252. The molecule has 1 N–H and O–H groups in total. The van der Waals surface area contributed by atoms with Crippen LogP contribution in [-0.4, -0.2) is 36.3 Å². The zero-order valence-corrected chi connectivity index (χ0v) is 20.5. The van der Waals surface area contributed by atoms with Gasteiger partial charge in [0, 0.05) is 29.6 Å². The van der Waals surface area contributed by atoms with E-state index in [2.05, 4.69) is 20.5 Å². The van der Waals surface area contributed by atoms with E-state index in [0.29, 0.717) is 34.0 Å². The Hall–Kier alpha value is -4.36. The number of rotatable bonds is 9. The first-order valence-corrected chi connectivity index (χ1v) is 12.6. The lowest BCUT2D eigenvalue weighted by Crippen LogP contribution is -2.14. The number of carbonyl (C=O) groups excluding carboxylic acids is 1. The Morgan fingerprint density at radius 1 is 1.16 bits per heavy atom. The van der Waals surface area contributed by atoms with Gasteiger partial charge in [-0.15, -0.1) is 21.5 Å². The highest BCUT2D eigenvalue weighted by molar-refractivity contribution is 7.99. The van der Waals surface area contributed by atoms with Gasteiger partial charge in [-0.25, -0.2) is 9.37 Å². The van der Waals surface area contributed by atoms with Crippen molar-refractivity contribution in [3.8, 4) is 17.3 Å². The van der Waals surface area contributed by atoms with Gasteiger partial charge in [0.2, 0.25) is 11.7 Å². The van der Waals surface area contributed by atoms with Crippen molar-refractivity contribution in [1.82, 2.24) is 19.7 Å². The van der Waals surface area contributed by atoms with E-state index in [0.717, 1.165) is 22.2 Å². The molecule has 186 valence electrons. The molecular weight excluding hydrogens is 519 g/mol. The number of nitro benzene ring substituents is 1. The van der Waals surface area contributed by atoms with Crippen molar-refractivity contribution < 1.29 is 18.5 Å². The number of carbonyl (C=O) groups is 1. The number of anilines is 1. The normalized spacial score (nSPS) is 10.9. The maximum absolute atomic E-state index is 13.5. The second kappa shape index (κ2) is 10.7. The van der Waals surface area contributed by atoms with Crippen LogP contribution in [0.25, 0.3) is 17.3 Å². The molecule has 0 aliphatic heterocycles. The number of nitrogens with zero attached hydrogens (tertiary/aromatic N) is 5. The van der Waals surface area contributed by atoms with E-state index >= 15 is 0 Å². The van der Waals surface area contributed by atoms with Crippen LogP contribution in [-0.2, 0) is 11.2 Å². The number of thioether (sulfide) groups is 1. The third kappa shape index (κ3) is 5.73. The molecule has 0 atom stereocenters. The molecule has 3 heterocycles. The number of halogens is 1. The fourth-order valence-electron chi connectivity index (χ4n) is 3.47. The number of nitro groups is 1. The molecule has 0 unspecified atom stereocenters. The van der Waals surface area contributed by atoms with Crippen molar-refractivity contribution >= 4 is 39.8 Å². The topological polar surface area (TPSA) is 129 Å². The van der Waals surface area contributed by atoms with Crippen molar-refractivity contribution in [2.45, 2.75) is 11.6 Å². The predicted octanol–water partition coefficient (Wildman–Crippen LogP) is 5.35. The van der Waals surface area contributed by atoms with Crippen LogP contribution < -0.4 is 5.32 Å². The molecule has 13 heteroatoms. The van der Waals surface area contributed by atoms with Gasteiger partial charge in [0.15, 0.2) is 16.0 Å². The summed E-state index contributed by atoms with van der Waals surface area (Å²) in [6.45, 7) is 0. The number of furan rings is 1. The van der Waals surface area contributed by atoms with E-state index in [1.807, 2.05) is 0 Å². The number of aromatic nitrogens is 4. The standard InChI is InChI=1S/C24H17FN6O4S2/c25-16-6-8-17(9-7-16)30-22(20-5-2-10-35-20)28-29-24(30)36-14-21(32)27-23-26-13-19(37-23)12-15-3-1-4-18(11-15)31(33)34/h1-11,13H,12,14H2,(H,26,27,32). The summed E-state index contributed by atoms with van der Waals surface area (Å²) in [6.07, 6.45) is 3.61. The quantitative estimate of drug-likeness (QED) is 0.152. The minimum absolute atomic E-state index is 0.0243. The van der Waals surface area contributed by atoms with Gasteiger partial charge < -0.3 is 9.73 Å². The molecule has 0 aliphatic carbocycles. The highest BCUT2D eigenvalue weighted by Crippen LogP contribution is 2.29. The van der Waals surface area contributed by atoms with Gasteiger partial charge in [-0.2, -0.15) is 0 Å². The van der Waals surface area contributed by atoms with E-state index in [1.54, 1.807) is 47.2 Å². The van der Waals surface area contributed by atoms with Gasteiger partial charge in [0.25, 0.3) is 5.69 Å². The number of nitrogens with one attached hydrogen (secondary N) is 1. The minimum Gasteiger partial charge on any atom is -0.461 e. The molecule has 0 radical (unpaired) electrons. The van der Waals surface area contributed by atoms with Crippen LogP contribution in [0.3, 0.4) is 0 Å². The molecule has 5 aromatic rings. The van der Waals surface area contributed by atoms with Crippen molar-refractivity contribution in [3.05, 3.63) is 99.5 Å². The minimum atomic E-state index is -0.437. The van der Waals surface area contributed by atoms with Crippen LogP contribution in [0.5, 0.6) is 0 Å². The molecule has 3 aromatic heterocycles. The third-order valence-corrected chi connectivity index (χ3v) is 6.93. The molecule has 0 bridgehead atoms. The first kappa shape index (κ1) is 24.3. The van der Waals surface area contributed by atoms with E-state index < -0.39 is 4.92 Å². The molecule has 0 spiro atoms. The molecule has 1 amide bonds. The van der Waals surface area contributed by atoms with Gasteiger partial charge in [0.05, 0.1) is 22.6 Å². The number of benzene rings is 2. The molecule has 0 saturated carbocycles. The second-order valence-corrected chi connectivity index (χ2v) is 9.73. The molecular formula is C24H17FN6O4S2. The van der Waals surface area contributed by atoms with E-state index in [1.165, 1.54) is 41.9 Å². The predicted molar refractivity (Wildman–Crippen MR) is 136 cm³/mol. The maximum Gasteiger partial charge on any atom is 0.269 e. The molecule has 37 heavy (non-hydrogen) atoms.